The van der Waals surface area contributed by atoms with E-state index in [1.807, 2.05) is 19.9 Å². The average Bonchev–Trinajstić information content (AvgIpc) is 2.41. The van der Waals surface area contributed by atoms with Gasteiger partial charge in [0, 0.05) is 12.1 Å². The number of morpholine rings is 1. The molecule has 5 nitrogen and oxygen atoms in total. The molecule has 2 rings (SSSR count). The highest BCUT2D eigenvalue weighted by molar-refractivity contribution is 5.97. The summed E-state index contributed by atoms with van der Waals surface area (Å²) in [7, 11) is 0. The minimum absolute atomic E-state index is 0.0475. The van der Waals surface area contributed by atoms with Crippen molar-refractivity contribution in [3.63, 3.8) is 0 Å². The molecule has 1 heterocycles. The lowest BCUT2D eigenvalue weighted by Gasteiger charge is -2.33. The lowest BCUT2D eigenvalue weighted by Crippen LogP contribution is -2.52. The molecule has 102 valence electrons. The number of carbonyl (C=O) groups excluding carboxylic acids is 1. The third-order valence-electron chi connectivity index (χ3n) is 3.43. The van der Waals surface area contributed by atoms with E-state index < -0.39 is 12.0 Å². The van der Waals surface area contributed by atoms with Crippen LogP contribution in [0.2, 0.25) is 0 Å². The maximum Gasteiger partial charge on any atom is 0.328 e. The van der Waals surface area contributed by atoms with E-state index in [1.54, 1.807) is 12.1 Å². The molecule has 19 heavy (non-hydrogen) atoms. The first-order valence-electron chi connectivity index (χ1n) is 6.19. The van der Waals surface area contributed by atoms with E-state index in [-0.39, 0.29) is 12.5 Å². The van der Waals surface area contributed by atoms with Crippen molar-refractivity contribution in [3.05, 3.63) is 34.9 Å². The molecule has 1 aliphatic heterocycles. The summed E-state index contributed by atoms with van der Waals surface area (Å²) in [5.41, 5.74) is 2.65. The fraction of sp³-hybridized carbons (Fsp3) is 0.429. The number of amides is 1. The van der Waals surface area contributed by atoms with E-state index in [9.17, 15) is 9.59 Å². The largest absolute Gasteiger partial charge is 0.480 e. The lowest BCUT2D eigenvalue weighted by atomic mass is 10.0. The van der Waals surface area contributed by atoms with E-state index >= 15 is 0 Å². The quantitative estimate of drug-likeness (QED) is 0.871. The third-order valence-corrected chi connectivity index (χ3v) is 3.43. The second-order valence-electron chi connectivity index (χ2n) is 4.73. The molecule has 0 saturated carbocycles. The van der Waals surface area contributed by atoms with Gasteiger partial charge in [-0.2, -0.15) is 0 Å². The molecule has 1 fully saturated rings. The molecule has 0 radical (unpaired) electrons. The molecular weight excluding hydrogens is 246 g/mol. The minimum atomic E-state index is -1.03. The van der Waals surface area contributed by atoms with Crippen LogP contribution in [0.15, 0.2) is 18.2 Å². The molecule has 0 spiro atoms. The molecule has 1 aromatic carbocycles. The topological polar surface area (TPSA) is 66.8 Å². The Kier molecular flexibility index (Phi) is 3.85. The summed E-state index contributed by atoms with van der Waals surface area (Å²) < 4.78 is 5.13. The number of aliphatic carboxylic acids is 1. The SMILES string of the molecule is Cc1ccc(C(=O)N2CCOCC2C(=O)O)cc1C. The zero-order valence-electron chi connectivity index (χ0n) is 11.0. The molecule has 1 unspecified atom stereocenters. The Morgan fingerprint density at radius 3 is 2.68 bits per heavy atom. The van der Waals surface area contributed by atoms with E-state index in [0.717, 1.165) is 11.1 Å². The van der Waals surface area contributed by atoms with Crippen LogP contribution in [0, 0.1) is 13.8 Å². The average molecular weight is 263 g/mol. The van der Waals surface area contributed by atoms with Crippen LogP contribution in [0.25, 0.3) is 0 Å². The maximum atomic E-state index is 12.4. The summed E-state index contributed by atoms with van der Waals surface area (Å²) in [6, 6.07) is 4.51. The summed E-state index contributed by atoms with van der Waals surface area (Å²) in [5, 5.41) is 9.13. The fourth-order valence-corrected chi connectivity index (χ4v) is 2.09. The molecule has 5 heteroatoms. The predicted octanol–water partition coefficient (Wildman–Crippen LogP) is 1.23. The Labute approximate surface area is 111 Å². The van der Waals surface area contributed by atoms with Crippen molar-refractivity contribution in [3.8, 4) is 0 Å². The fourth-order valence-electron chi connectivity index (χ4n) is 2.09. The first-order valence-corrected chi connectivity index (χ1v) is 6.19. The number of rotatable bonds is 2. The normalized spacial score (nSPS) is 19.3. The Balaban J connectivity index is 2.26. The molecule has 0 aliphatic carbocycles. The molecule has 1 atom stereocenters. The van der Waals surface area contributed by atoms with Crippen molar-refractivity contribution >= 4 is 11.9 Å². The third kappa shape index (κ3) is 2.76. The highest BCUT2D eigenvalue weighted by Crippen LogP contribution is 2.16. The summed E-state index contributed by atoms with van der Waals surface area (Å²) in [6.07, 6.45) is 0. The molecule has 1 saturated heterocycles. The van der Waals surface area contributed by atoms with Crippen LogP contribution in [0.4, 0.5) is 0 Å². The number of hydrogen-bond donors (Lipinski definition) is 1. The van der Waals surface area contributed by atoms with Gasteiger partial charge in [0.05, 0.1) is 13.2 Å². The highest BCUT2D eigenvalue weighted by atomic mass is 16.5. The van der Waals surface area contributed by atoms with E-state index in [0.29, 0.717) is 18.7 Å². The van der Waals surface area contributed by atoms with E-state index in [2.05, 4.69) is 0 Å². The maximum absolute atomic E-state index is 12.4. The molecule has 1 amide bonds. The second-order valence-corrected chi connectivity index (χ2v) is 4.73. The van der Waals surface area contributed by atoms with Crippen molar-refractivity contribution < 1.29 is 19.4 Å². The van der Waals surface area contributed by atoms with Crippen molar-refractivity contribution in [2.24, 2.45) is 0 Å². The van der Waals surface area contributed by atoms with Gasteiger partial charge in [0.15, 0.2) is 6.04 Å². The molecule has 1 aliphatic rings. The molecule has 1 N–H and O–H groups in total. The number of carboxylic acids is 1. The summed E-state index contributed by atoms with van der Waals surface area (Å²) >= 11 is 0. The van der Waals surface area contributed by atoms with Crippen LogP contribution in [-0.2, 0) is 9.53 Å². The second kappa shape index (κ2) is 5.40. The number of carboxylic acid groups (broad SMARTS) is 1. The van der Waals surface area contributed by atoms with Crippen LogP contribution in [0.1, 0.15) is 21.5 Å². The van der Waals surface area contributed by atoms with Gasteiger partial charge in [-0.05, 0) is 37.1 Å². The number of nitrogens with zero attached hydrogens (tertiary/aromatic N) is 1. The number of ether oxygens (including phenoxy) is 1. The first kappa shape index (κ1) is 13.5. The van der Waals surface area contributed by atoms with Gasteiger partial charge in [-0.1, -0.05) is 6.07 Å². The van der Waals surface area contributed by atoms with Gasteiger partial charge in [0.25, 0.3) is 5.91 Å². The predicted molar refractivity (Wildman–Crippen MR) is 69.2 cm³/mol. The monoisotopic (exact) mass is 263 g/mol. The first-order chi connectivity index (χ1) is 9.00. The molecule has 0 bridgehead atoms. The zero-order valence-corrected chi connectivity index (χ0v) is 11.0. The summed E-state index contributed by atoms with van der Waals surface area (Å²) in [4.78, 5) is 24.9. The number of aryl methyl sites for hydroxylation is 2. The van der Waals surface area contributed by atoms with Crippen LogP contribution >= 0.6 is 0 Å². The van der Waals surface area contributed by atoms with Crippen LogP contribution in [0.3, 0.4) is 0 Å². The van der Waals surface area contributed by atoms with Crippen molar-refractivity contribution in [1.29, 1.82) is 0 Å². The van der Waals surface area contributed by atoms with Gasteiger partial charge in [-0.25, -0.2) is 4.79 Å². The van der Waals surface area contributed by atoms with Gasteiger partial charge >= 0.3 is 5.97 Å². The summed E-state index contributed by atoms with van der Waals surface area (Å²) in [6.45, 7) is 4.63. The van der Waals surface area contributed by atoms with Gasteiger partial charge in [0.1, 0.15) is 0 Å². The van der Waals surface area contributed by atoms with Gasteiger partial charge < -0.3 is 14.7 Å². The molecular formula is C14H17NO4. The van der Waals surface area contributed by atoms with E-state index in [4.69, 9.17) is 9.84 Å². The van der Waals surface area contributed by atoms with Crippen molar-refractivity contribution in [2.45, 2.75) is 19.9 Å². The number of carbonyl (C=O) groups is 2. The zero-order chi connectivity index (χ0) is 14.0. The van der Waals surface area contributed by atoms with Crippen LogP contribution in [0.5, 0.6) is 0 Å². The Morgan fingerprint density at radius 2 is 2.05 bits per heavy atom. The Bertz CT molecular complexity index is 512. The standard InChI is InChI=1S/C14H17NO4/c1-9-3-4-11(7-10(9)2)13(16)15-5-6-19-8-12(15)14(17)18/h3-4,7,12H,5-6,8H2,1-2H3,(H,17,18). The molecule has 0 aromatic heterocycles. The van der Waals surface area contributed by atoms with Gasteiger partial charge in [0.2, 0.25) is 0 Å². The van der Waals surface area contributed by atoms with Gasteiger partial charge in [-0.3, -0.25) is 4.79 Å². The van der Waals surface area contributed by atoms with Crippen LogP contribution in [-0.4, -0.2) is 47.7 Å². The minimum Gasteiger partial charge on any atom is -0.480 e. The molecule has 1 aromatic rings. The Morgan fingerprint density at radius 1 is 1.32 bits per heavy atom. The smallest absolute Gasteiger partial charge is 0.328 e. The van der Waals surface area contributed by atoms with Crippen molar-refractivity contribution in [1.82, 2.24) is 4.90 Å². The Hall–Kier alpha value is -1.88. The van der Waals surface area contributed by atoms with E-state index in [1.165, 1.54) is 4.90 Å². The lowest BCUT2D eigenvalue weighted by molar-refractivity contribution is -0.147. The summed E-state index contributed by atoms with van der Waals surface area (Å²) in [5.74, 6) is -1.28. The van der Waals surface area contributed by atoms with Crippen LogP contribution < -0.4 is 0 Å². The highest BCUT2D eigenvalue weighted by Gasteiger charge is 2.33. The number of benzene rings is 1. The number of hydrogen-bond acceptors (Lipinski definition) is 3. The van der Waals surface area contributed by atoms with Crippen molar-refractivity contribution in [2.75, 3.05) is 19.8 Å². The van der Waals surface area contributed by atoms with Gasteiger partial charge in [-0.15, -0.1) is 0 Å².